The molecule has 0 aliphatic rings. The van der Waals surface area contributed by atoms with Gasteiger partial charge in [-0.25, -0.2) is 4.79 Å². The summed E-state index contributed by atoms with van der Waals surface area (Å²) < 4.78 is 9.13. The average Bonchev–Trinajstić information content (AvgIpc) is 1.84. The van der Waals surface area contributed by atoms with Crippen LogP contribution in [0.15, 0.2) is 0 Å². The SMILES string of the molecule is CCOC(=O)CC(C)OC(N)=O. The third-order valence-electron chi connectivity index (χ3n) is 1.08. The topological polar surface area (TPSA) is 78.6 Å². The van der Waals surface area contributed by atoms with E-state index in [1.165, 1.54) is 0 Å². The zero-order chi connectivity index (χ0) is 9.56. The first kappa shape index (κ1) is 10.7. The molecule has 0 bridgehead atoms. The molecule has 0 spiro atoms. The zero-order valence-electron chi connectivity index (χ0n) is 7.20. The summed E-state index contributed by atoms with van der Waals surface area (Å²) in [5, 5.41) is 0. The van der Waals surface area contributed by atoms with Gasteiger partial charge in [0.15, 0.2) is 0 Å². The molecule has 1 unspecified atom stereocenters. The third kappa shape index (κ3) is 5.52. The number of hydrogen-bond acceptors (Lipinski definition) is 4. The maximum absolute atomic E-state index is 10.8. The molecule has 5 nitrogen and oxygen atoms in total. The summed E-state index contributed by atoms with van der Waals surface area (Å²) in [6.45, 7) is 3.60. The molecule has 0 rings (SSSR count). The Morgan fingerprint density at radius 3 is 2.50 bits per heavy atom. The molecule has 0 radical (unpaired) electrons. The molecule has 0 saturated heterocycles. The summed E-state index contributed by atoms with van der Waals surface area (Å²) in [6, 6.07) is 0. The van der Waals surface area contributed by atoms with Gasteiger partial charge in [-0.3, -0.25) is 4.79 Å². The Kier molecular flexibility index (Phi) is 4.83. The van der Waals surface area contributed by atoms with Crippen LogP contribution in [0.4, 0.5) is 4.79 Å². The van der Waals surface area contributed by atoms with E-state index in [4.69, 9.17) is 5.73 Å². The van der Waals surface area contributed by atoms with E-state index in [1.807, 2.05) is 0 Å². The number of carbonyl (C=O) groups excluding carboxylic acids is 2. The monoisotopic (exact) mass is 175 g/mol. The third-order valence-corrected chi connectivity index (χ3v) is 1.08. The van der Waals surface area contributed by atoms with Crippen LogP contribution in [0, 0.1) is 0 Å². The number of rotatable bonds is 4. The molecule has 12 heavy (non-hydrogen) atoms. The van der Waals surface area contributed by atoms with E-state index in [-0.39, 0.29) is 6.42 Å². The number of nitrogens with two attached hydrogens (primary N) is 1. The van der Waals surface area contributed by atoms with Crippen molar-refractivity contribution in [1.82, 2.24) is 0 Å². The van der Waals surface area contributed by atoms with Crippen molar-refractivity contribution >= 4 is 12.1 Å². The first-order chi connectivity index (χ1) is 5.56. The second-order valence-electron chi connectivity index (χ2n) is 2.26. The van der Waals surface area contributed by atoms with Gasteiger partial charge in [0.1, 0.15) is 6.10 Å². The Bertz CT molecular complexity index is 169. The van der Waals surface area contributed by atoms with Crippen molar-refractivity contribution in [2.24, 2.45) is 5.73 Å². The lowest BCUT2D eigenvalue weighted by molar-refractivity contribution is -0.145. The van der Waals surface area contributed by atoms with E-state index in [1.54, 1.807) is 13.8 Å². The smallest absolute Gasteiger partial charge is 0.404 e. The number of ether oxygens (including phenoxy) is 2. The lowest BCUT2D eigenvalue weighted by Crippen LogP contribution is -2.23. The van der Waals surface area contributed by atoms with Crippen LogP contribution in [0.2, 0.25) is 0 Å². The quantitative estimate of drug-likeness (QED) is 0.628. The van der Waals surface area contributed by atoms with Gasteiger partial charge < -0.3 is 15.2 Å². The minimum Gasteiger partial charge on any atom is -0.466 e. The molecule has 0 aromatic rings. The van der Waals surface area contributed by atoms with E-state index in [0.29, 0.717) is 6.61 Å². The maximum Gasteiger partial charge on any atom is 0.404 e. The second-order valence-corrected chi connectivity index (χ2v) is 2.26. The van der Waals surface area contributed by atoms with Crippen LogP contribution in [0.5, 0.6) is 0 Å². The van der Waals surface area contributed by atoms with E-state index in [9.17, 15) is 9.59 Å². The summed E-state index contributed by atoms with van der Waals surface area (Å²) in [5.41, 5.74) is 4.73. The van der Waals surface area contributed by atoms with Crippen LogP contribution in [-0.2, 0) is 14.3 Å². The van der Waals surface area contributed by atoms with Crippen molar-refractivity contribution in [3.63, 3.8) is 0 Å². The van der Waals surface area contributed by atoms with E-state index in [0.717, 1.165) is 0 Å². The van der Waals surface area contributed by atoms with Gasteiger partial charge in [0.2, 0.25) is 0 Å². The van der Waals surface area contributed by atoms with Crippen molar-refractivity contribution < 1.29 is 19.1 Å². The molecule has 0 aliphatic carbocycles. The molecule has 0 saturated carbocycles. The normalized spacial score (nSPS) is 11.8. The van der Waals surface area contributed by atoms with Crippen LogP contribution < -0.4 is 5.73 Å². The van der Waals surface area contributed by atoms with Crippen LogP contribution >= 0.6 is 0 Å². The fourth-order valence-electron chi connectivity index (χ4n) is 0.695. The van der Waals surface area contributed by atoms with E-state index < -0.39 is 18.2 Å². The van der Waals surface area contributed by atoms with Gasteiger partial charge in [0.25, 0.3) is 0 Å². The van der Waals surface area contributed by atoms with Crippen LogP contribution in [0.3, 0.4) is 0 Å². The van der Waals surface area contributed by atoms with Gasteiger partial charge in [-0.2, -0.15) is 0 Å². The van der Waals surface area contributed by atoms with Crippen molar-refractivity contribution in [2.45, 2.75) is 26.4 Å². The standard InChI is InChI=1S/C7H13NO4/c1-3-11-6(9)4-5(2)12-7(8)10/h5H,3-4H2,1-2H3,(H2,8,10). The molecule has 0 aromatic carbocycles. The van der Waals surface area contributed by atoms with Crippen LogP contribution in [0.25, 0.3) is 0 Å². The predicted octanol–water partition coefficient (Wildman–Crippen LogP) is 0.423. The molecule has 0 aliphatic heterocycles. The molecule has 0 fully saturated rings. The van der Waals surface area contributed by atoms with Gasteiger partial charge in [0, 0.05) is 0 Å². The number of esters is 1. The van der Waals surface area contributed by atoms with Gasteiger partial charge in [-0.15, -0.1) is 0 Å². The van der Waals surface area contributed by atoms with Gasteiger partial charge in [-0.1, -0.05) is 0 Å². The molecule has 0 heterocycles. The van der Waals surface area contributed by atoms with Crippen molar-refractivity contribution in [3.8, 4) is 0 Å². The highest BCUT2D eigenvalue weighted by Crippen LogP contribution is 1.98. The Morgan fingerprint density at radius 1 is 1.50 bits per heavy atom. The van der Waals surface area contributed by atoms with Gasteiger partial charge >= 0.3 is 12.1 Å². The molecular formula is C7H13NO4. The summed E-state index contributed by atoms with van der Waals surface area (Å²) >= 11 is 0. The molecule has 0 aromatic heterocycles. The highest BCUT2D eigenvalue weighted by Gasteiger charge is 2.11. The minimum absolute atomic E-state index is 0.0385. The lowest BCUT2D eigenvalue weighted by Gasteiger charge is -2.09. The number of carbonyl (C=O) groups is 2. The lowest BCUT2D eigenvalue weighted by atomic mass is 10.3. The van der Waals surface area contributed by atoms with E-state index in [2.05, 4.69) is 9.47 Å². The minimum atomic E-state index is -0.883. The second kappa shape index (κ2) is 5.40. The van der Waals surface area contributed by atoms with Crippen LogP contribution in [0.1, 0.15) is 20.3 Å². The summed E-state index contributed by atoms with van der Waals surface area (Å²) in [5.74, 6) is -0.397. The van der Waals surface area contributed by atoms with E-state index >= 15 is 0 Å². The van der Waals surface area contributed by atoms with Crippen LogP contribution in [-0.4, -0.2) is 24.8 Å². The first-order valence-corrected chi connectivity index (χ1v) is 3.68. The highest BCUT2D eigenvalue weighted by molar-refractivity contribution is 5.71. The molecule has 2 N–H and O–H groups in total. The first-order valence-electron chi connectivity index (χ1n) is 3.68. The Balaban J connectivity index is 3.61. The Labute approximate surface area is 70.8 Å². The van der Waals surface area contributed by atoms with Crippen molar-refractivity contribution in [2.75, 3.05) is 6.61 Å². The zero-order valence-corrected chi connectivity index (χ0v) is 7.20. The highest BCUT2D eigenvalue weighted by atomic mass is 16.6. The predicted molar refractivity (Wildman–Crippen MR) is 41.4 cm³/mol. The maximum atomic E-state index is 10.8. The average molecular weight is 175 g/mol. The molecule has 5 heteroatoms. The summed E-state index contributed by atoms with van der Waals surface area (Å²) in [6.07, 6.45) is -1.37. The Hall–Kier alpha value is -1.26. The number of primary amides is 1. The summed E-state index contributed by atoms with van der Waals surface area (Å²) in [4.78, 5) is 21.0. The number of amides is 1. The Morgan fingerprint density at radius 2 is 2.08 bits per heavy atom. The largest absolute Gasteiger partial charge is 0.466 e. The molecular weight excluding hydrogens is 162 g/mol. The van der Waals surface area contributed by atoms with Gasteiger partial charge in [-0.05, 0) is 13.8 Å². The van der Waals surface area contributed by atoms with Crippen molar-refractivity contribution in [1.29, 1.82) is 0 Å². The molecule has 1 amide bonds. The molecule has 70 valence electrons. The summed E-state index contributed by atoms with van der Waals surface area (Å²) in [7, 11) is 0. The van der Waals surface area contributed by atoms with Gasteiger partial charge in [0.05, 0.1) is 13.0 Å². The fourth-order valence-corrected chi connectivity index (χ4v) is 0.695. The number of hydrogen-bond donors (Lipinski definition) is 1. The molecule has 1 atom stereocenters. The fraction of sp³-hybridized carbons (Fsp3) is 0.714. The van der Waals surface area contributed by atoms with Crippen molar-refractivity contribution in [3.05, 3.63) is 0 Å².